The van der Waals surface area contributed by atoms with E-state index in [9.17, 15) is 0 Å². The molecule has 1 aromatic rings. The molecule has 0 fully saturated rings. The van der Waals surface area contributed by atoms with Crippen LogP contribution in [0.2, 0.25) is 0 Å². The highest BCUT2D eigenvalue weighted by atomic mass is 32.1. The molecule has 0 saturated carbocycles. The largest absolute Gasteiger partial charge is 0.477 e. The van der Waals surface area contributed by atoms with Crippen molar-refractivity contribution in [3.05, 3.63) is 10.4 Å². The van der Waals surface area contributed by atoms with Gasteiger partial charge in [-0.15, -0.1) is 11.3 Å². The van der Waals surface area contributed by atoms with Gasteiger partial charge in [0, 0.05) is 0 Å². The van der Waals surface area contributed by atoms with Crippen LogP contribution in [-0.4, -0.2) is 11.6 Å². The first-order valence-electron chi connectivity index (χ1n) is 2.87. The van der Waals surface area contributed by atoms with Crippen molar-refractivity contribution in [3.8, 4) is 5.88 Å². The van der Waals surface area contributed by atoms with Crippen molar-refractivity contribution in [3.63, 3.8) is 0 Å². The van der Waals surface area contributed by atoms with Gasteiger partial charge in [0.1, 0.15) is 0 Å². The molecule has 1 rings (SSSR count). The molecule has 1 heterocycles. The van der Waals surface area contributed by atoms with E-state index < -0.39 is 0 Å². The van der Waals surface area contributed by atoms with Crippen LogP contribution in [0.15, 0.2) is 5.51 Å². The predicted octanol–water partition coefficient (Wildman–Crippen LogP) is 1.85. The number of thiazole rings is 1. The zero-order valence-corrected chi connectivity index (χ0v) is 6.36. The minimum absolute atomic E-state index is 0.699. The van der Waals surface area contributed by atoms with E-state index in [-0.39, 0.29) is 0 Å². The van der Waals surface area contributed by atoms with Gasteiger partial charge >= 0.3 is 0 Å². The van der Waals surface area contributed by atoms with Gasteiger partial charge in [-0.1, -0.05) is 0 Å². The maximum Gasteiger partial charge on any atom is 0.227 e. The van der Waals surface area contributed by atoms with Crippen molar-refractivity contribution in [1.29, 1.82) is 0 Å². The second-order valence-corrected chi connectivity index (χ2v) is 2.71. The van der Waals surface area contributed by atoms with Crippen LogP contribution < -0.4 is 4.74 Å². The molecule has 0 spiro atoms. The zero-order valence-electron chi connectivity index (χ0n) is 5.55. The first-order valence-corrected chi connectivity index (χ1v) is 3.75. The molecule has 0 aliphatic heterocycles. The van der Waals surface area contributed by atoms with E-state index in [1.807, 2.05) is 13.8 Å². The molecule has 0 aliphatic rings. The fourth-order valence-corrected chi connectivity index (χ4v) is 1.09. The van der Waals surface area contributed by atoms with Gasteiger partial charge in [0.05, 0.1) is 17.0 Å². The van der Waals surface area contributed by atoms with Gasteiger partial charge < -0.3 is 4.74 Å². The predicted molar refractivity (Wildman–Crippen MR) is 38.0 cm³/mol. The molecule has 0 bridgehead atoms. The van der Waals surface area contributed by atoms with Gasteiger partial charge in [-0.25, -0.2) is 4.98 Å². The lowest BCUT2D eigenvalue weighted by Gasteiger charge is -1.96. The summed E-state index contributed by atoms with van der Waals surface area (Å²) in [5.74, 6) is 0.780. The van der Waals surface area contributed by atoms with Gasteiger partial charge in [-0.05, 0) is 13.8 Å². The van der Waals surface area contributed by atoms with Crippen LogP contribution in [0.1, 0.15) is 11.8 Å². The Bertz CT molecular complexity index is 185. The molecular formula is C6H9NOS. The minimum atomic E-state index is 0.699. The van der Waals surface area contributed by atoms with Crippen molar-refractivity contribution < 1.29 is 4.74 Å². The summed E-state index contributed by atoms with van der Waals surface area (Å²) < 4.78 is 5.18. The van der Waals surface area contributed by atoms with E-state index in [2.05, 4.69) is 4.98 Å². The molecule has 0 aromatic carbocycles. The zero-order chi connectivity index (χ0) is 6.69. The lowest BCUT2D eigenvalue weighted by atomic mass is 10.6. The third-order valence-corrected chi connectivity index (χ3v) is 1.72. The Labute approximate surface area is 58.5 Å². The highest BCUT2D eigenvalue weighted by Crippen LogP contribution is 2.18. The van der Waals surface area contributed by atoms with Gasteiger partial charge in [0.15, 0.2) is 0 Å². The third-order valence-electron chi connectivity index (χ3n) is 0.982. The molecule has 0 N–H and O–H groups in total. The number of aromatic nitrogens is 1. The Morgan fingerprint density at radius 2 is 2.56 bits per heavy atom. The van der Waals surface area contributed by atoms with E-state index in [0.29, 0.717) is 6.61 Å². The van der Waals surface area contributed by atoms with Crippen molar-refractivity contribution in [2.75, 3.05) is 6.61 Å². The number of aryl methyl sites for hydroxylation is 1. The highest BCUT2D eigenvalue weighted by molar-refractivity contribution is 7.09. The Morgan fingerprint density at radius 1 is 1.78 bits per heavy atom. The van der Waals surface area contributed by atoms with E-state index >= 15 is 0 Å². The molecule has 2 nitrogen and oxygen atoms in total. The monoisotopic (exact) mass is 143 g/mol. The SMILES string of the molecule is CCOc1ncsc1C. The van der Waals surface area contributed by atoms with E-state index in [0.717, 1.165) is 10.8 Å². The van der Waals surface area contributed by atoms with Crippen LogP contribution in [-0.2, 0) is 0 Å². The first-order chi connectivity index (χ1) is 4.34. The molecule has 0 unspecified atom stereocenters. The maximum atomic E-state index is 5.18. The molecular weight excluding hydrogens is 134 g/mol. The van der Waals surface area contributed by atoms with Crippen molar-refractivity contribution in [1.82, 2.24) is 4.98 Å². The fraction of sp³-hybridized carbons (Fsp3) is 0.500. The average Bonchev–Trinajstić information content (AvgIpc) is 2.18. The molecule has 0 saturated heterocycles. The summed E-state index contributed by atoms with van der Waals surface area (Å²) in [5.41, 5.74) is 1.79. The van der Waals surface area contributed by atoms with E-state index in [1.165, 1.54) is 0 Å². The normalized spacial score (nSPS) is 9.56. The highest BCUT2D eigenvalue weighted by Gasteiger charge is 1.98. The van der Waals surface area contributed by atoms with Gasteiger partial charge in [-0.2, -0.15) is 0 Å². The van der Waals surface area contributed by atoms with E-state index in [4.69, 9.17) is 4.74 Å². The van der Waals surface area contributed by atoms with Crippen LogP contribution >= 0.6 is 11.3 Å². The number of hydrogen-bond acceptors (Lipinski definition) is 3. The Morgan fingerprint density at radius 3 is 3.00 bits per heavy atom. The van der Waals surface area contributed by atoms with Crippen LogP contribution in [0.5, 0.6) is 5.88 Å². The summed E-state index contributed by atoms with van der Waals surface area (Å²) in [6, 6.07) is 0. The summed E-state index contributed by atoms with van der Waals surface area (Å²) in [6.07, 6.45) is 0. The summed E-state index contributed by atoms with van der Waals surface area (Å²) in [5, 5.41) is 0. The Balaban J connectivity index is 2.69. The lowest BCUT2D eigenvalue weighted by molar-refractivity contribution is 0.327. The molecule has 9 heavy (non-hydrogen) atoms. The molecule has 50 valence electrons. The summed E-state index contributed by atoms with van der Waals surface area (Å²) in [7, 11) is 0. The first kappa shape index (κ1) is 6.55. The second kappa shape index (κ2) is 2.82. The second-order valence-electron chi connectivity index (χ2n) is 1.65. The summed E-state index contributed by atoms with van der Waals surface area (Å²) >= 11 is 1.61. The van der Waals surface area contributed by atoms with E-state index in [1.54, 1.807) is 16.8 Å². The Hall–Kier alpha value is -0.570. The minimum Gasteiger partial charge on any atom is -0.477 e. The molecule has 0 aliphatic carbocycles. The topological polar surface area (TPSA) is 22.1 Å². The van der Waals surface area contributed by atoms with Crippen molar-refractivity contribution in [2.24, 2.45) is 0 Å². The Kier molecular flexibility index (Phi) is 2.05. The van der Waals surface area contributed by atoms with Crippen molar-refractivity contribution in [2.45, 2.75) is 13.8 Å². The number of hydrogen-bond donors (Lipinski definition) is 0. The van der Waals surface area contributed by atoms with Crippen LogP contribution in [0.4, 0.5) is 0 Å². The van der Waals surface area contributed by atoms with Crippen molar-refractivity contribution >= 4 is 11.3 Å². The van der Waals surface area contributed by atoms with Gasteiger partial charge in [-0.3, -0.25) is 0 Å². The number of rotatable bonds is 2. The fourth-order valence-electron chi connectivity index (χ4n) is 0.570. The smallest absolute Gasteiger partial charge is 0.227 e. The van der Waals surface area contributed by atoms with Gasteiger partial charge in [0.25, 0.3) is 0 Å². The average molecular weight is 143 g/mol. The van der Waals surface area contributed by atoms with Crippen LogP contribution in [0.25, 0.3) is 0 Å². The van der Waals surface area contributed by atoms with Crippen LogP contribution in [0.3, 0.4) is 0 Å². The number of ether oxygens (including phenoxy) is 1. The quantitative estimate of drug-likeness (QED) is 0.630. The molecule has 3 heteroatoms. The van der Waals surface area contributed by atoms with Gasteiger partial charge in [0.2, 0.25) is 5.88 Å². The molecule has 0 atom stereocenters. The molecule has 1 aromatic heterocycles. The number of nitrogens with zero attached hydrogens (tertiary/aromatic N) is 1. The summed E-state index contributed by atoms with van der Waals surface area (Å²) in [4.78, 5) is 5.15. The molecule has 0 amide bonds. The standard InChI is InChI=1S/C6H9NOS/c1-3-8-6-5(2)9-4-7-6/h4H,3H2,1-2H3. The summed E-state index contributed by atoms with van der Waals surface area (Å²) in [6.45, 7) is 4.66. The molecule has 0 radical (unpaired) electrons. The lowest BCUT2D eigenvalue weighted by Crippen LogP contribution is -1.91. The maximum absolute atomic E-state index is 5.18. The third kappa shape index (κ3) is 1.42. The van der Waals surface area contributed by atoms with Crippen LogP contribution in [0, 0.1) is 6.92 Å².